The molecule has 0 saturated carbocycles. The standard InChI is InChI=1S/C24H20ClN5O3/c25-20-11-16(9-15-5-4-8-27-22(15)20)23(32)28-13-21(31)30-14-17(10-19(30)12-26)24(33)29-18-6-2-1-3-7-18/h1-9,11,17,19H,10,13-14H2,(H,28,32)(H,29,33). The second kappa shape index (κ2) is 9.67. The minimum absolute atomic E-state index is 0.110. The molecule has 3 amide bonds. The second-order valence-corrected chi connectivity index (χ2v) is 8.10. The molecule has 1 aliphatic heterocycles. The van der Waals surface area contributed by atoms with Crippen molar-refractivity contribution < 1.29 is 14.4 Å². The summed E-state index contributed by atoms with van der Waals surface area (Å²) in [7, 11) is 0. The maximum Gasteiger partial charge on any atom is 0.251 e. The van der Waals surface area contributed by atoms with Crippen LogP contribution in [0.4, 0.5) is 5.69 Å². The number of hydrogen-bond donors (Lipinski definition) is 2. The van der Waals surface area contributed by atoms with Crippen LogP contribution in [0.1, 0.15) is 16.8 Å². The second-order valence-electron chi connectivity index (χ2n) is 7.69. The van der Waals surface area contributed by atoms with Crippen molar-refractivity contribution in [3.63, 3.8) is 0 Å². The van der Waals surface area contributed by atoms with Gasteiger partial charge in [-0.25, -0.2) is 0 Å². The van der Waals surface area contributed by atoms with Gasteiger partial charge in [0.1, 0.15) is 6.04 Å². The van der Waals surface area contributed by atoms with E-state index in [1.54, 1.807) is 48.7 Å². The van der Waals surface area contributed by atoms with Crippen LogP contribution in [0.25, 0.3) is 10.9 Å². The van der Waals surface area contributed by atoms with Gasteiger partial charge in [-0.1, -0.05) is 35.9 Å². The fourth-order valence-corrected chi connectivity index (χ4v) is 4.10. The summed E-state index contributed by atoms with van der Waals surface area (Å²) in [6, 6.07) is 17.0. The van der Waals surface area contributed by atoms with Crippen molar-refractivity contribution in [1.82, 2.24) is 15.2 Å². The smallest absolute Gasteiger partial charge is 0.251 e. The van der Waals surface area contributed by atoms with Crippen molar-refractivity contribution in [3.05, 3.63) is 71.4 Å². The average Bonchev–Trinajstić information content (AvgIpc) is 3.28. The van der Waals surface area contributed by atoms with E-state index in [0.29, 0.717) is 27.2 Å². The van der Waals surface area contributed by atoms with Crippen LogP contribution in [0.3, 0.4) is 0 Å². The Labute approximate surface area is 195 Å². The molecule has 1 fully saturated rings. The summed E-state index contributed by atoms with van der Waals surface area (Å²) >= 11 is 6.22. The topological polar surface area (TPSA) is 115 Å². The number of likely N-dealkylation sites (tertiary alicyclic amines) is 1. The zero-order valence-electron chi connectivity index (χ0n) is 17.5. The van der Waals surface area contributed by atoms with Crippen LogP contribution >= 0.6 is 11.6 Å². The first-order valence-corrected chi connectivity index (χ1v) is 10.7. The quantitative estimate of drug-likeness (QED) is 0.606. The van der Waals surface area contributed by atoms with Crippen LogP contribution in [0, 0.1) is 17.2 Å². The van der Waals surface area contributed by atoms with Gasteiger partial charge in [0.15, 0.2) is 0 Å². The minimum atomic E-state index is -0.734. The van der Waals surface area contributed by atoms with Crippen molar-refractivity contribution in [1.29, 1.82) is 5.26 Å². The number of nitriles is 1. The largest absolute Gasteiger partial charge is 0.343 e. The van der Waals surface area contributed by atoms with Crippen molar-refractivity contribution >= 4 is 45.9 Å². The van der Waals surface area contributed by atoms with E-state index < -0.39 is 23.8 Å². The van der Waals surface area contributed by atoms with Crippen molar-refractivity contribution in [3.8, 4) is 6.07 Å². The molecule has 2 heterocycles. The Kier molecular flexibility index (Phi) is 6.52. The van der Waals surface area contributed by atoms with E-state index in [4.69, 9.17) is 11.6 Å². The maximum absolute atomic E-state index is 12.7. The van der Waals surface area contributed by atoms with Crippen LogP contribution in [0.2, 0.25) is 5.02 Å². The van der Waals surface area contributed by atoms with Gasteiger partial charge in [-0.15, -0.1) is 0 Å². The lowest BCUT2D eigenvalue weighted by atomic mass is 10.1. The number of rotatable bonds is 5. The molecule has 166 valence electrons. The summed E-state index contributed by atoms with van der Waals surface area (Å²) < 4.78 is 0. The monoisotopic (exact) mass is 461 g/mol. The van der Waals surface area contributed by atoms with E-state index in [0.717, 1.165) is 0 Å². The highest BCUT2D eigenvalue weighted by Crippen LogP contribution is 2.25. The number of hydrogen-bond acceptors (Lipinski definition) is 5. The zero-order chi connectivity index (χ0) is 23.4. The van der Waals surface area contributed by atoms with Gasteiger partial charge in [-0.2, -0.15) is 5.26 Å². The number of pyridine rings is 1. The highest BCUT2D eigenvalue weighted by Gasteiger charge is 2.38. The molecule has 2 aromatic carbocycles. The number of fused-ring (bicyclic) bond motifs is 1. The van der Waals surface area contributed by atoms with Crippen LogP contribution in [-0.2, 0) is 9.59 Å². The van der Waals surface area contributed by atoms with E-state index in [2.05, 4.69) is 21.7 Å². The Bertz CT molecular complexity index is 1260. The fraction of sp³-hybridized carbons (Fsp3) is 0.208. The normalized spacial score (nSPS) is 17.4. The van der Waals surface area contributed by atoms with Crippen molar-refractivity contribution in [2.24, 2.45) is 5.92 Å². The van der Waals surface area contributed by atoms with E-state index in [1.165, 1.54) is 11.0 Å². The number of carbonyl (C=O) groups excluding carboxylic acids is 3. The van der Waals surface area contributed by atoms with Gasteiger partial charge < -0.3 is 15.5 Å². The fourth-order valence-electron chi connectivity index (χ4n) is 3.83. The van der Waals surface area contributed by atoms with Gasteiger partial charge in [0, 0.05) is 29.4 Å². The SMILES string of the molecule is N#CC1CC(C(=O)Nc2ccccc2)CN1C(=O)CNC(=O)c1cc(Cl)c2ncccc2c1. The van der Waals surface area contributed by atoms with E-state index in [9.17, 15) is 19.6 Å². The van der Waals surface area contributed by atoms with E-state index in [1.807, 2.05) is 6.07 Å². The summed E-state index contributed by atoms with van der Waals surface area (Å²) in [6.45, 7) is -0.189. The molecule has 1 saturated heterocycles. The van der Waals surface area contributed by atoms with Crippen LogP contribution in [-0.4, -0.2) is 46.7 Å². The molecule has 0 aliphatic carbocycles. The van der Waals surface area contributed by atoms with Crippen molar-refractivity contribution in [2.75, 3.05) is 18.4 Å². The minimum Gasteiger partial charge on any atom is -0.343 e. The zero-order valence-corrected chi connectivity index (χ0v) is 18.2. The molecule has 4 rings (SSSR count). The molecule has 1 aliphatic rings. The molecule has 2 unspecified atom stereocenters. The number of carbonyl (C=O) groups is 3. The first kappa shape index (κ1) is 22.2. The van der Waals surface area contributed by atoms with Crippen LogP contribution in [0.15, 0.2) is 60.8 Å². The Hall–Kier alpha value is -3.96. The molecular weight excluding hydrogens is 442 g/mol. The number of benzene rings is 2. The third kappa shape index (κ3) is 4.94. The first-order valence-electron chi connectivity index (χ1n) is 10.3. The molecule has 2 atom stereocenters. The molecule has 9 heteroatoms. The molecule has 2 N–H and O–H groups in total. The number of amides is 3. The first-order chi connectivity index (χ1) is 16.0. The van der Waals surface area contributed by atoms with Gasteiger partial charge in [0.25, 0.3) is 5.91 Å². The van der Waals surface area contributed by atoms with E-state index in [-0.39, 0.29) is 25.4 Å². The van der Waals surface area contributed by atoms with Gasteiger partial charge in [-0.05, 0) is 36.8 Å². The summed E-state index contributed by atoms with van der Waals surface area (Å²) in [5, 5.41) is 15.9. The molecule has 3 aromatic rings. The average molecular weight is 462 g/mol. The number of para-hydroxylation sites is 1. The molecule has 33 heavy (non-hydrogen) atoms. The summed E-state index contributed by atoms with van der Waals surface area (Å²) in [5.74, 6) is -1.66. The lowest BCUT2D eigenvalue weighted by molar-refractivity contribution is -0.130. The molecule has 0 bridgehead atoms. The third-order valence-electron chi connectivity index (χ3n) is 5.50. The molecule has 8 nitrogen and oxygen atoms in total. The number of halogens is 1. The summed E-state index contributed by atoms with van der Waals surface area (Å²) in [5.41, 5.74) is 1.53. The summed E-state index contributed by atoms with van der Waals surface area (Å²) in [6.07, 6.45) is 1.85. The Morgan fingerprint density at radius 1 is 1.15 bits per heavy atom. The molecule has 0 radical (unpaired) electrons. The van der Waals surface area contributed by atoms with E-state index >= 15 is 0 Å². The number of nitrogens with zero attached hydrogens (tertiary/aromatic N) is 3. The molecule has 1 aromatic heterocycles. The Balaban J connectivity index is 1.38. The van der Waals surface area contributed by atoms with Gasteiger partial charge in [0.2, 0.25) is 11.8 Å². The van der Waals surface area contributed by atoms with Crippen LogP contribution in [0.5, 0.6) is 0 Å². The number of nitrogens with one attached hydrogen (secondary N) is 2. The molecule has 0 spiro atoms. The van der Waals surface area contributed by atoms with Gasteiger partial charge in [0.05, 0.1) is 29.1 Å². The van der Waals surface area contributed by atoms with Crippen molar-refractivity contribution in [2.45, 2.75) is 12.5 Å². The lowest BCUT2D eigenvalue weighted by Crippen LogP contribution is -2.42. The van der Waals surface area contributed by atoms with Gasteiger partial charge >= 0.3 is 0 Å². The number of anilines is 1. The highest BCUT2D eigenvalue weighted by molar-refractivity contribution is 6.35. The maximum atomic E-state index is 12.7. The number of aromatic nitrogens is 1. The highest BCUT2D eigenvalue weighted by atomic mass is 35.5. The molecular formula is C24H20ClN5O3. The predicted octanol–water partition coefficient (Wildman–Crippen LogP) is 3.00. The Morgan fingerprint density at radius 3 is 2.70 bits per heavy atom. The lowest BCUT2D eigenvalue weighted by Gasteiger charge is -2.20. The van der Waals surface area contributed by atoms with Gasteiger partial charge in [-0.3, -0.25) is 19.4 Å². The van der Waals surface area contributed by atoms with Crippen LogP contribution < -0.4 is 10.6 Å². The Morgan fingerprint density at radius 2 is 1.94 bits per heavy atom. The predicted molar refractivity (Wildman–Crippen MR) is 123 cm³/mol. The summed E-state index contributed by atoms with van der Waals surface area (Å²) in [4.78, 5) is 43.5. The third-order valence-corrected chi connectivity index (χ3v) is 5.79.